The number of aliphatic hydroxyl groups excluding tert-OH is 1. The van der Waals surface area contributed by atoms with Crippen molar-refractivity contribution in [2.45, 2.75) is 32.0 Å². The van der Waals surface area contributed by atoms with Gasteiger partial charge in [0.2, 0.25) is 0 Å². The van der Waals surface area contributed by atoms with Crippen LogP contribution in [-0.4, -0.2) is 33.9 Å². The highest BCUT2D eigenvalue weighted by Crippen LogP contribution is 2.29. The molecule has 1 saturated heterocycles. The number of hydrogen-bond acceptors (Lipinski definition) is 4. The molecule has 2 N–H and O–H groups in total. The van der Waals surface area contributed by atoms with Crippen molar-refractivity contribution in [3.8, 4) is 0 Å². The molecule has 0 aliphatic carbocycles. The minimum atomic E-state index is -0.682. The minimum absolute atomic E-state index is 0.0648. The van der Waals surface area contributed by atoms with Crippen LogP contribution in [0.3, 0.4) is 0 Å². The molecule has 0 amide bonds. The van der Waals surface area contributed by atoms with Crippen LogP contribution < -0.4 is 4.90 Å². The third-order valence-corrected chi connectivity index (χ3v) is 3.31. The van der Waals surface area contributed by atoms with Gasteiger partial charge in [-0.2, -0.15) is 0 Å². The molecule has 1 aromatic heterocycles. The lowest BCUT2D eigenvalue weighted by atomic mass is 9.95. The number of nitrogens with zero attached hydrogens (tertiary/aromatic N) is 2. The number of pyridine rings is 1. The van der Waals surface area contributed by atoms with E-state index in [1.54, 1.807) is 12.3 Å². The zero-order valence-corrected chi connectivity index (χ0v) is 10.6. The predicted octanol–water partition coefficient (Wildman–Crippen LogP) is 1.58. The second kappa shape index (κ2) is 4.80. The first-order valence-electron chi connectivity index (χ1n) is 5.74. The fourth-order valence-electron chi connectivity index (χ4n) is 2.19. The summed E-state index contributed by atoms with van der Waals surface area (Å²) in [5.41, 5.74) is 0.0151. The topological polar surface area (TPSA) is 56.6 Å². The average molecular weight is 257 g/mol. The van der Waals surface area contributed by atoms with Gasteiger partial charge in [-0.15, -0.1) is 0 Å². The molecule has 0 bridgehead atoms. The molecule has 2 heterocycles. The van der Waals surface area contributed by atoms with Crippen LogP contribution in [0.25, 0.3) is 0 Å². The van der Waals surface area contributed by atoms with Crippen LogP contribution in [0.2, 0.25) is 5.02 Å². The van der Waals surface area contributed by atoms with Crippen LogP contribution in [-0.2, 0) is 6.61 Å². The van der Waals surface area contributed by atoms with Crippen LogP contribution >= 0.6 is 11.6 Å². The normalized spacial score (nSPS) is 25.1. The quantitative estimate of drug-likeness (QED) is 0.844. The molecule has 1 aromatic rings. The summed E-state index contributed by atoms with van der Waals surface area (Å²) in [5, 5.41) is 19.6. The molecule has 1 unspecified atom stereocenters. The van der Waals surface area contributed by atoms with Crippen LogP contribution in [0.15, 0.2) is 12.3 Å². The number of aromatic nitrogens is 1. The highest BCUT2D eigenvalue weighted by atomic mass is 35.5. The number of halogens is 1. The highest BCUT2D eigenvalue weighted by molar-refractivity contribution is 6.33. The summed E-state index contributed by atoms with van der Waals surface area (Å²) in [4.78, 5) is 6.25. The van der Waals surface area contributed by atoms with Crippen molar-refractivity contribution >= 4 is 17.4 Å². The Morgan fingerprint density at radius 3 is 2.94 bits per heavy atom. The van der Waals surface area contributed by atoms with Crippen molar-refractivity contribution in [3.63, 3.8) is 0 Å². The summed E-state index contributed by atoms with van der Waals surface area (Å²) in [7, 11) is 0. The first-order chi connectivity index (χ1) is 8.02. The first-order valence-corrected chi connectivity index (χ1v) is 6.12. The Labute approximate surface area is 106 Å². The molecule has 5 heteroatoms. The van der Waals surface area contributed by atoms with Crippen LogP contribution in [0.1, 0.15) is 25.3 Å². The first kappa shape index (κ1) is 12.6. The van der Waals surface area contributed by atoms with E-state index in [9.17, 15) is 5.11 Å². The molecule has 0 radical (unpaired) electrons. The van der Waals surface area contributed by atoms with E-state index in [2.05, 4.69) is 4.98 Å². The van der Waals surface area contributed by atoms with Gasteiger partial charge in [0, 0.05) is 19.3 Å². The number of anilines is 1. The highest BCUT2D eigenvalue weighted by Gasteiger charge is 2.29. The lowest BCUT2D eigenvalue weighted by molar-refractivity contribution is 0.0447. The molecular weight excluding hydrogens is 240 g/mol. The molecule has 1 aliphatic heterocycles. The van der Waals surface area contributed by atoms with Crippen molar-refractivity contribution in [2.24, 2.45) is 0 Å². The minimum Gasteiger partial charge on any atom is -0.392 e. The van der Waals surface area contributed by atoms with Gasteiger partial charge in [0.1, 0.15) is 5.82 Å². The molecule has 4 nitrogen and oxygen atoms in total. The zero-order valence-electron chi connectivity index (χ0n) is 9.86. The van der Waals surface area contributed by atoms with Crippen molar-refractivity contribution < 1.29 is 10.2 Å². The van der Waals surface area contributed by atoms with E-state index in [1.165, 1.54) is 0 Å². The third-order valence-electron chi connectivity index (χ3n) is 3.04. The lowest BCUT2D eigenvalue weighted by Gasteiger charge is -2.37. The maximum atomic E-state index is 10.0. The standard InChI is InChI=1S/C12H17ClN2O2/c1-12(17)3-2-4-15(8-12)11-10(13)5-9(7-16)6-14-11/h5-6,16-17H,2-4,7-8H2,1H3. The van der Waals surface area contributed by atoms with E-state index in [-0.39, 0.29) is 6.61 Å². The molecule has 0 saturated carbocycles. The second-order valence-electron chi connectivity index (χ2n) is 4.83. The van der Waals surface area contributed by atoms with Gasteiger partial charge >= 0.3 is 0 Å². The Hall–Kier alpha value is -0.840. The van der Waals surface area contributed by atoms with Gasteiger partial charge in [-0.3, -0.25) is 0 Å². The third kappa shape index (κ3) is 2.89. The van der Waals surface area contributed by atoms with Gasteiger partial charge in [-0.05, 0) is 31.4 Å². The molecular formula is C12H17ClN2O2. The number of hydrogen-bond donors (Lipinski definition) is 2. The van der Waals surface area contributed by atoms with Crippen molar-refractivity contribution in [3.05, 3.63) is 22.8 Å². The number of β-amino-alcohol motifs (C(OH)–C–C–N with tert-alkyl or cyclic N) is 1. The van der Waals surface area contributed by atoms with Gasteiger partial charge in [0.05, 0.1) is 17.2 Å². The summed E-state index contributed by atoms with van der Waals surface area (Å²) in [5.74, 6) is 0.684. The molecule has 1 aliphatic rings. The maximum absolute atomic E-state index is 10.0. The van der Waals surface area contributed by atoms with E-state index >= 15 is 0 Å². The summed E-state index contributed by atoms with van der Waals surface area (Å²) >= 11 is 6.14. The Balaban J connectivity index is 2.22. The summed E-state index contributed by atoms with van der Waals surface area (Å²) in [6.07, 6.45) is 3.34. The van der Waals surface area contributed by atoms with Crippen LogP contribution in [0.5, 0.6) is 0 Å². The smallest absolute Gasteiger partial charge is 0.147 e. The summed E-state index contributed by atoms with van der Waals surface area (Å²) in [6.45, 7) is 3.15. The molecule has 0 spiro atoms. The van der Waals surface area contributed by atoms with E-state index in [0.29, 0.717) is 22.9 Å². The van der Waals surface area contributed by atoms with Crippen molar-refractivity contribution in [1.29, 1.82) is 0 Å². The number of piperidine rings is 1. The SMILES string of the molecule is CC1(O)CCCN(c2ncc(CO)cc2Cl)C1. The number of rotatable bonds is 2. The van der Waals surface area contributed by atoms with Crippen LogP contribution in [0.4, 0.5) is 5.82 Å². The van der Waals surface area contributed by atoms with Gasteiger partial charge in [-0.25, -0.2) is 4.98 Å². The number of aliphatic hydroxyl groups is 2. The van der Waals surface area contributed by atoms with Gasteiger partial charge in [0.25, 0.3) is 0 Å². The predicted molar refractivity (Wildman–Crippen MR) is 67.2 cm³/mol. The van der Waals surface area contributed by atoms with Gasteiger partial charge in [-0.1, -0.05) is 11.6 Å². The van der Waals surface area contributed by atoms with Crippen molar-refractivity contribution in [1.82, 2.24) is 4.98 Å². The fourth-order valence-corrected chi connectivity index (χ4v) is 2.50. The largest absolute Gasteiger partial charge is 0.392 e. The van der Waals surface area contributed by atoms with E-state index in [1.807, 2.05) is 11.8 Å². The maximum Gasteiger partial charge on any atom is 0.147 e. The average Bonchev–Trinajstić information content (AvgIpc) is 2.27. The Morgan fingerprint density at radius 1 is 1.59 bits per heavy atom. The Kier molecular flexibility index (Phi) is 3.56. The molecule has 2 rings (SSSR count). The second-order valence-corrected chi connectivity index (χ2v) is 5.24. The molecule has 17 heavy (non-hydrogen) atoms. The monoisotopic (exact) mass is 256 g/mol. The molecule has 0 aromatic carbocycles. The Morgan fingerprint density at radius 2 is 2.35 bits per heavy atom. The zero-order chi connectivity index (χ0) is 12.5. The van der Waals surface area contributed by atoms with Crippen LogP contribution in [0, 0.1) is 0 Å². The summed E-state index contributed by atoms with van der Waals surface area (Å²) < 4.78 is 0. The summed E-state index contributed by atoms with van der Waals surface area (Å²) in [6, 6.07) is 1.72. The molecule has 1 fully saturated rings. The Bertz CT molecular complexity index is 409. The van der Waals surface area contributed by atoms with E-state index in [0.717, 1.165) is 19.4 Å². The van der Waals surface area contributed by atoms with E-state index in [4.69, 9.17) is 16.7 Å². The molecule has 94 valence electrons. The fraction of sp³-hybridized carbons (Fsp3) is 0.583. The lowest BCUT2D eigenvalue weighted by Crippen LogP contribution is -2.46. The van der Waals surface area contributed by atoms with Crippen molar-refractivity contribution in [2.75, 3.05) is 18.0 Å². The van der Waals surface area contributed by atoms with Gasteiger partial charge < -0.3 is 15.1 Å². The van der Waals surface area contributed by atoms with Gasteiger partial charge in [0.15, 0.2) is 0 Å². The van der Waals surface area contributed by atoms with E-state index < -0.39 is 5.60 Å². The molecule has 1 atom stereocenters.